The van der Waals surface area contributed by atoms with Crippen LogP contribution in [0.5, 0.6) is 0 Å². The molecule has 0 N–H and O–H groups in total. The van der Waals surface area contributed by atoms with Crippen LogP contribution >= 0.6 is 0 Å². The third-order valence-electron chi connectivity index (χ3n) is 6.15. The minimum atomic E-state index is -0.338. The summed E-state index contributed by atoms with van der Waals surface area (Å²) in [5, 5.41) is 4.52. The number of anilines is 1. The smallest absolute Gasteiger partial charge is 0.349 e. The molecule has 168 valence electrons. The van der Waals surface area contributed by atoms with Gasteiger partial charge in [-0.2, -0.15) is 0 Å². The molecule has 0 saturated heterocycles. The van der Waals surface area contributed by atoms with Crippen LogP contribution in [0.4, 0.5) is 5.82 Å². The molecule has 2 aromatic heterocycles. The van der Waals surface area contributed by atoms with Gasteiger partial charge in [-0.25, -0.2) is 18.9 Å². The third kappa shape index (κ3) is 4.11. The van der Waals surface area contributed by atoms with Crippen molar-refractivity contribution in [3.05, 3.63) is 94.2 Å². The van der Waals surface area contributed by atoms with Crippen LogP contribution in [0.1, 0.15) is 23.6 Å². The lowest BCUT2D eigenvalue weighted by atomic mass is 10.00. The van der Waals surface area contributed by atoms with Crippen molar-refractivity contribution < 1.29 is 4.79 Å². The van der Waals surface area contributed by atoms with Gasteiger partial charge in [0, 0.05) is 38.6 Å². The molecule has 3 heterocycles. The van der Waals surface area contributed by atoms with Gasteiger partial charge in [-0.05, 0) is 30.0 Å². The van der Waals surface area contributed by atoms with Gasteiger partial charge < -0.3 is 9.80 Å². The molecule has 33 heavy (non-hydrogen) atoms. The number of hydrogen-bond donors (Lipinski definition) is 0. The Morgan fingerprint density at radius 1 is 1.06 bits per heavy atom. The molecule has 1 aliphatic heterocycles. The number of benzene rings is 2. The van der Waals surface area contributed by atoms with Crippen LogP contribution in [-0.4, -0.2) is 43.1 Å². The molecule has 8 nitrogen and oxygen atoms in total. The molecule has 0 saturated carbocycles. The van der Waals surface area contributed by atoms with Gasteiger partial charge in [0.25, 0.3) is 0 Å². The molecule has 1 aliphatic rings. The van der Waals surface area contributed by atoms with Gasteiger partial charge in [0.1, 0.15) is 6.54 Å². The molecule has 0 spiro atoms. The highest BCUT2D eigenvalue weighted by Crippen LogP contribution is 2.24. The number of fused-ring (bicyclic) bond motifs is 2. The van der Waals surface area contributed by atoms with Crippen molar-refractivity contribution in [1.82, 2.24) is 24.1 Å². The minimum absolute atomic E-state index is 0.108. The fourth-order valence-electron chi connectivity index (χ4n) is 4.35. The molecule has 8 heteroatoms. The largest absolute Gasteiger partial charge is 0.350 e. The van der Waals surface area contributed by atoms with Gasteiger partial charge in [-0.3, -0.25) is 4.79 Å². The first kappa shape index (κ1) is 20.9. The monoisotopic (exact) mass is 442 g/mol. The zero-order valence-electron chi connectivity index (χ0n) is 18.6. The van der Waals surface area contributed by atoms with Crippen LogP contribution < -0.4 is 10.6 Å². The standard InChI is InChI=1S/C25H26N6O2/c1-2-28(16-19-8-4-3-5-9-19)22(32)18-31-25(33)30-15-13-26-23(24(30)27-31)29-14-12-20-10-6-7-11-21(20)17-29/h3-11,13,15H,2,12,14,16-18H2,1H3. The van der Waals surface area contributed by atoms with Crippen LogP contribution in [0.25, 0.3) is 5.65 Å². The Balaban J connectivity index is 1.41. The Morgan fingerprint density at radius 2 is 1.82 bits per heavy atom. The van der Waals surface area contributed by atoms with E-state index in [2.05, 4.69) is 33.2 Å². The van der Waals surface area contributed by atoms with Gasteiger partial charge in [-0.1, -0.05) is 54.6 Å². The Labute approximate surface area is 191 Å². The topological polar surface area (TPSA) is 75.7 Å². The number of hydrogen-bond acceptors (Lipinski definition) is 5. The summed E-state index contributed by atoms with van der Waals surface area (Å²) >= 11 is 0. The summed E-state index contributed by atoms with van der Waals surface area (Å²) in [7, 11) is 0. The summed E-state index contributed by atoms with van der Waals surface area (Å²) in [5.41, 5.74) is 3.78. The number of carbonyl (C=O) groups excluding carboxylic acids is 1. The third-order valence-corrected chi connectivity index (χ3v) is 6.15. The molecule has 0 atom stereocenters. The van der Waals surface area contributed by atoms with Crippen molar-refractivity contribution in [2.75, 3.05) is 18.0 Å². The van der Waals surface area contributed by atoms with Crippen molar-refractivity contribution in [3.8, 4) is 0 Å². The van der Waals surface area contributed by atoms with E-state index in [1.54, 1.807) is 17.3 Å². The lowest BCUT2D eigenvalue weighted by Crippen LogP contribution is -2.36. The van der Waals surface area contributed by atoms with Gasteiger partial charge in [0.15, 0.2) is 5.82 Å². The summed E-state index contributed by atoms with van der Waals surface area (Å²) in [6.07, 6.45) is 4.13. The summed E-state index contributed by atoms with van der Waals surface area (Å²) in [4.78, 5) is 34.4. The van der Waals surface area contributed by atoms with Gasteiger partial charge in [-0.15, -0.1) is 5.10 Å². The summed E-state index contributed by atoms with van der Waals surface area (Å²) in [5.74, 6) is 0.514. The van der Waals surface area contributed by atoms with E-state index in [0.29, 0.717) is 31.1 Å². The van der Waals surface area contributed by atoms with E-state index in [1.165, 1.54) is 20.2 Å². The highest BCUT2D eigenvalue weighted by atomic mass is 16.2. The molecule has 5 rings (SSSR count). The molecular weight excluding hydrogens is 416 g/mol. The predicted octanol–water partition coefficient (Wildman–Crippen LogP) is 2.50. The average molecular weight is 443 g/mol. The summed E-state index contributed by atoms with van der Waals surface area (Å²) < 4.78 is 2.72. The fourth-order valence-corrected chi connectivity index (χ4v) is 4.35. The fraction of sp³-hybridized carbons (Fsp3) is 0.280. The maximum Gasteiger partial charge on any atom is 0.350 e. The maximum absolute atomic E-state index is 13.0. The zero-order chi connectivity index (χ0) is 22.8. The second-order valence-corrected chi connectivity index (χ2v) is 8.22. The van der Waals surface area contributed by atoms with Gasteiger partial charge >= 0.3 is 5.69 Å². The average Bonchev–Trinajstić information content (AvgIpc) is 3.18. The number of carbonyl (C=O) groups is 1. The van der Waals surface area contributed by atoms with E-state index in [-0.39, 0.29) is 18.1 Å². The van der Waals surface area contributed by atoms with Crippen LogP contribution in [-0.2, 0) is 30.8 Å². The van der Waals surface area contributed by atoms with Crippen LogP contribution in [0, 0.1) is 0 Å². The lowest BCUT2D eigenvalue weighted by Gasteiger charge is -2.29. The van der Waals surface area contributed by atoms with Crippen molar-refractivity contribution in [2.24, 2.45) is 0 Å². The van der Waals surface area contributed by atoms with Crippen molar-refractivity contribution >= 4 is 17.4 Å². The number of amides is 1. The first-order chi connectivity index (χ1) is 16.1. The zero-order valence-corrected chi connectivity index (χ0v) is 18.6. The number of nitrogens with zero attached hydrogens (tertiary/aromatic N) is 6. The van der Waals surface area contributed by atoms with E-state index in [0.717, 1.165) is 18.5 Å². The van der Waals surface area contributed by atoms with E-state index >= 15 is 0 Å². The molecule has 0 bridgehead atoms. The molecular formula is C25H26N6O2. The highest BCUT2D eigenvalue weighted by Gasteiger charge is 2.23. The Bertz CT molecular complexity index is 1340. The first-order valence-corrected chi connectivity index (χ1v) is 11.2. The normalized spacial score (nSPS) is 13.2. The Kier molecular flexibility index (Phi) is 5.64. The van der Waals surface area contributed by atoms with Crippen molar-refractivity contribution in [3.63, 3.8) is 0 Å². The SMILES string of the molecule is CCN(Cc1ccccc1)C(=O)Cn1nc2c(N3CCc4ccccc4C3)nccn2c1=O. The number of likely N-dealkylation sites (N-methyl/N-ethyl adjacent to an activating group) is 1. The molecule has 0 aliphatic carbocycles. The van der Waals surface area contributed by atoms with Gasteiger partial charge in [0.2, 0.25) is 11.6 Å². The maximum atomic E-state index is 13.0. The molecule has 0 unspecified atom stereocenters. The lowest BCUT2D eigenvalue weighted by molar-refractivity contribution is -0.132. The first-order valence-electron chi connectivity index (χ1n) is 11.2. The summed E-state index contributed by atoms with van der Waals surface area (Å²) in [6, 6.07) is 18.2. The van der Waals surface area contributed by atoms with E-state index in [9.17, 15) is 9.59 Å². The van der Waals surface area contributed by atoms with Crippen molar-refractivity contribution in [2.45, 2.75) is 33.0 Å². The van der Waals surface area contributed by atoms with Crippen LogP contribution in [0.3, 0.4) is 0 Å². The van der Waals surface area contributed by atoms with Crippen molar-refractivity contribution in [1.29, 1.82) is 0 Å². The second-order valence-electron chi connectivity index (χ2n) is 8.22. The van der Waals surface area contributed by atoms with Crippen LogP contribution in [0.2, 0.25) is 0 Å². The molecule has 0 fully saturated rings. The van der Waals surface area contributed by atoms with E-state index < -0.39 is 0 Å². The predicted molar refractivity (Wildman–Crippen MR) is 126 cm³/mol. The van der Waals surface area contributed by atoms with Crippen LogP contribution in [0.15, 0.2) is 71.8 Å². The Morgan fingerprint density at radius 3 is 2.61 bits per heavy atom. The van der Waals surface area contributed by atoms with E-state index in [4.69, 9.17) is 0 Å². The molecule has 4 aromatic rings. The van der Waals surface area contributed by atoms with Gasteiger partial charge in [0.05, 0.1) is 0 Å². The molecule has 0 radical (unpaired) electrons. The number of aromatic nitrogens is 4. The Hall–Kier alpha value is -3.94. The quantitative estimate of drug-likeness (QED) is 0.459. The highest BCUT2D eigenvalue weighted by molar-refractivity contribution is 5.76. The molecule has 1 amide bonds. The minimum Gasteiger partial charge on any atom is -0.349 e. The molecule has 2 aromatic carbocycles. The van der Waals surface area contributed by atoms with E-state index in [1.807, 2.05) is 43.3 Å². The summed E-state index contributed by atoms with van der Waals surface area (Å²) in [6.45, 7) is 4.38. The number of rotatable bonds is 6. The second kappa shape index (κ2) is 8.90.